The third kappa shape index (κ3) is 1.72. The topological polar surface area (TPSA) is 32.8 Å². The largest absolute Gasteiger partial charge is 0.466 e. The van der Waals surface area contributed by atoms with Crippen molar-refractivity contribution in [2.45, 2.75) is 50.5 Å². The van der Waals surface area contributed by atoms with Gasteiger partial charge in [0, 0.05) is 24.5 Å². The number of nitrogens with zero attached hydrogens (tertiary/aromatic N) is 2. The Balaban J connectivity index is 1.85. The normalized spacial score (nSPS) is 35.2. The Kier molecular flexibility index (Phi) is 3.37. The summed E-state index contributed by atoms with van der Waals surface area (Å²) in [5.41, 5.74) is 4.97. The van der Waals surface area contributed by atoms with E-state index in [9.17, 15) is 4.79 Å². The number of hydrogen-bond donors (Lipinski definition) is 0. The molecule has 2 fully saturated rings. The second kappa shape index (κ2) is 5.35. The number of carbonyl (C=O) groups is 1. The Bertz CT molecular complexity index is 816. The molecule has 0 aromatic heterocycles. The highest BCUT2D eigenvalue weighted by molar-refractivity contribution is 5.93. The van der Waals surface area contributed by atoms with Crippen molar-refractivity contribution in [3.8, 4) is 0 Å². The number of para-hydroxylation sites is 1. The molecule has 0 N–H and O–H groups in total. The standard InChI is InChI=1S/C22H28N2O2/c1-4-21-10-7-12-24-13-11-22(20(21)24)16-8-5-6-9-17(16)23(2)18(22)15(14-21)19(25)26-3/h5-6,8-9,20H,4,7,10-14H2,1-3H3/t20-,21-,22+/m0/s1. The van der Waals surface area contributed by atoms with Crippen molar-refractivity contribution in [1.82, 2.24) is 4.90 Å². The van der Waals surface area contributed by atoms with Crippen LogP contribution in [-0.2, 0) is 14.9 Å². The highest BCUT2D eigenvalue weighted by Gasteiger charge is 2.67. The molecule has 4 aliphatic rings. The molecule has 0 saturated carbocycles. The summed E-state index contributed by atoms with van der Waals surface area (Å²) in [6.45, 7) is 4.65. The van der Waals surface area contributed by atoms with Crippen LogP contribution in [0.25, 0.3) is 0 Å². The number of methoxy groups -OCH3 is 1. The van der Waals surface area contributed by atoms with Crippen LogP contribution in [0.2, 0.25) is 0 Å². The van der Waals surface area contributed by atoms with Gasteiger partial charge in [-0.2, -0.15) is 0 Å². The van der Waals surface area contributed by atoms with Crippen LogP contribution in [0.1, 0.15) is 44.6 Å². The van der Waals surface area contributed by atoms with E-state index in [2.05, 4.69) is 48.0 Å². The SMILES string of the molecule is CC[C@]12CCCN3CC[C@@]4(C(=C(C(=O)OC)C1)N(C)c1ccccc14)[C@@H]32. The molecule has 3 aliphatic heterocycles. The molecule has 0 radical (unpaired) electrons. The molecule has 1 spiro atoms. The molecule has 2 saturated heterocycles. The molecule has 4 nitrogen and oxygen atoms in total. The van der Waals surface area contributed by atoms with Crippen LogP contribution in [0.5, 0.6) is 0 Å². The lowest BCUT2D eigenvalue weighted by molar-refractivity contribution is -0.137. The minimum Gasteiger partial charge on any atom is -0.466 e. The number of esters is 1. The summed E-state index contributed by atoms with van der Waals surface area (Å²) in [6.07, 6.45) is 5.53. The van der Waals surface area contributed by atoms with Gasteiger partial charge < -0.3 is 9.64 Å². The summed E-state index contributed by atoms with van der Waals surface area (Å²) in [5, 5.41) is 0. The zero-order valence-corrected chi connectivity index (χ0v) is 16.0. The van der Waals surface area contributed by atoms with Crippen LogP contribution in [0.15, 0.2) is 35.5 Å². The quantitative estimate of drug-likeness (QED) is 0.763. The summed E-state index contributed by atoms with van der Waals surface area (Å²) in [6, 6.07) is 9.29. The fourth-order valence-electron chi connectivity index (χ4n) is 6.92. The molecule has 0 bridgehead atoms. The third-order valence-corrected chi connectivity index (χ3v) is 7.78. The second-order valence-electron chi connectivity index (χ2n) is 8.55. The van der Waals surface area contributed by atoms with Gasteiger partial charge in [0.05, 0.1) is 18.1 Å². The molecule has 26 heavy (non-hydrogen) atoms. The predicted octanol–water partition coefficient (Wildman–Crippen LogP) is 3.47. The first-order valence-corrected chi connectivity index (χ1v) is 9.98. The number of anilines is 1. The van der Waals surface area contributed by atoms with E-state index in [1.54, 1.807) is 0 Å². The van der Waals surface area contributed by atoms with Crippen LogP contribution in [0.3, 0.4) is 0 Å². The van der Waals surface area contributed by atoms with Gasteiger partial charge in [0.1, 0.15) is 0 Å². The monoisotopic (exact) mass is 352 g/mol. The van der Waals surface area contributed by atoms with Gasteiger partial charge in [-0.3, -0.25) is 4.90 Å². The highest BCUT2D eigenvalue weighted by Crippen LogP contribution is 2.66. The summed E-state index contributed by atoms with van der Waals surface area (Å²) < 4.78 is 5.28. The second-order valence-corrected chi connectivity index (χ2v) is 8.55. The number of rotatable bonds is 2. The predicted molar refractivity (Wildman–Crippen MR) is 102 cm³/mol. The minimum absolute atomic E-state index is 0.0520. The average Bonchev–Trinajstić information content (AvgIpc) is 3.19. The third-order valence-electron chi connectivity index (χ3n) is 7.78. The van der Waals surface area contributed by atoms with E-state index in [1.165, 1.54) is 43.4 Å². The number of ether oxygens (including phenoxy) is 1. The summed E-state index contributed by atoms with van der Waals surface area (Å²) in [4.78, 5) is 17.9. The number of likely N-dealkylation sites (N-methyl/N-ethyl adjacent to an activating group) is 1. The lowest BCUT2D eigenvalue weighted by atomic mass is 9.53. The van der Waals surface area contributed by atoms with Crippen molar-refractivity contribution in [2.75, 3.05) is 32.1 Å². The van der Waals surface area contributed by atoms with Gasteiger partial charge in [-0.15, -0.1) is 0 Å². The Hall–Kier alpha value is -1.81. The first kappa shape index (κ1) is 16.4. The van der Waals surface area contributed by atoms with Crippen LogP contribution in [-0.4, -0.2) is 44.2 Å². The van der Waals surface area contributed by atoms with Crippen LogP contribution in [0.4, 0.5) is 5.69 Å². The zero-order chi connectivity index (χ0) is 18.1. The Morgan fingerprint density at radius 3 is 2.85 bits per heavy atom. The van der Waals surface area contributed by atoms with Crippen LogP contribution < -0.4 is 4.90 Å². The molecule has 4 heteroatoms. The van der Waals surface area contributed by atoms with E-state index in [0.717, 1.165) is 31.4 Å². The van der Waals surface area contributed by atoms with Gasteiger partial charge >= 0.3 is 5.97 Å². The Morgan fingerprint density at radius 1 is 1.27 bits per heavy atom. The van der Waals surface area contributed by atoms with Crippen molar-refractivity contribution in [1.29, 1.82) is 0 Å². The number of hydrogen-bond acceptors (Lipinski definition) is 4. The summed E-state index contributed by atoms with van der Waals surface area (Å²) in [5.74, 6) is -0.130. The van der Waals surface area contributed by atoms with E-state index < -0.39 is 0 Å². The fraction of sp³-hybridized carbons (Fsp3) is 0.591. The maximum Gasteiger partial charge on any atom is 0.335 e. The average molecular weight is 352 g/mol. The molecule has 0 unspecified atom stereocenters. The first-order chi connectivity index (χ1) is 12.6. The van der Waals surface area contributed by atoms with Crippen molar-refractivity contribution < 1.29 is 9.53 Å². The molecule has 3 atom stereocenters. The lowest BCUT2D eigenvalue weighted by Gasteiger charge is -2.56. The fourth-order valence-corrected chi connectivity index (χ4v) is 6.92. The van der Waals surface area contributed by atoms with E-state index in [4.69, 9.17) is 4.74 Å². The first-order valence-electron chi connectivity index (χ1n) is 9.98. The molecular weight excluding hydrogens is 324 g/mol. The van der Waals surface area contributed by atoms with Gasteiger partial charge in [0.15, 0.2) is 0 Å². The van der Waals surface area contributed by atoms with Crippen LogP contribution >= 0.6 is 0 Å². The van der Waals surface area contributed by atoms with E-state index in [0.29, 0.717) is 6.04 Å². The summed E-state index contributed by atoms with van der Waals surface area (Å²) in [7, 11) is 3.66. The van der Waals surface area contributed by atoms with Gasteiger partial charge in [-0.05, 0) is 62.2 Å². The molecule has 5 rings (SSSR count). The van der Waals surface area contributed by atoms with E-state index >= 15 is 0 Å². The maximum absolute atomic E-state index is 12.9. The van der Waals surface area contributed by atoms with Gasteiger partial charge in [-0.1, -0.05) is 25.1 Å². The van der Waals surface area contributed by atoms with Crippen molar-refractivity contribution in [2.24, 2.45) is 5.41 Å². The van der Waals surface area contributed by atoms with E-state index in [-0.39, 0.29) is 16.8 Å². The van der Waals surface area contributed by atoms with Crippen LogP contribution in [0, 0.1) is 5.41 Å². The molecule has 138 valence electrons. The number of fused-ring (bicyclic) bond motifs is 1. The van der Waals surface area contributed by atoms with Crippen molar-refractivity contribution in [3.05, 3.63) is 41.1 Å². The summed E-state index contributed by atoms with van der Waals surface area (Å²) >= 11 is 0. The molecule has 1 aromatic rings. The maximum atomic E-state index is 12.9. The Labute approximate surface area is 155 Å². The Morgan fingerprint density at radius 2 is 2.08 bits per heavy atom. The zero-order valence-electron chi connectivity index (χ0n) is 16.0. The number of carbonyl (C=O) groups excluding carboxylic acids is 1. The smallest absolute Gasteiger partial charge is 0.335 e. The van der Waals surface area contributed by atoms with Crippen molar-refractivity contribution >= 4 is 11.7 Å². The molecule has 1 aromatic carbocycles. The van der Waals surface area contributed by atoms with Gasteiger partial charge in [0.25, 0.3) is 0 Å². The number of piperidine rings is 1. The van der Waals surface area contributed by atoms with E-state index in [1.807, 2.05) is 0 Å². The molecular formula is C22H28N2O2. The lowest BCUT2D eigenvalue weighted by Crippen LogP contribution is -2.60. The number of benzene rings is 1. The van der Waals surface area contributed by atoms with Gasteiger partial charge in [-0.25, -0.2) is 4.79 Å². The molecule has 3 heterocycles. The highest BCUT2D eigenvalue weighted by atomic mass is 16.5. The molecule has 1 aliphatic carbocycles. The minimum atomic E-state index is -0.130. The van der Waals surface area contributed by atoms with Crippen molar-refractivity contribution in [3.63, 3.8) is 0 Å². The van der Waals surface area contributed by atoms with Gasteiger partial charge in [0.2, 0.25) is 0 Å². The molecule has 0 amide bonds.